The highest BCUT2D eigenvalue weighted by molar-refractivity contribution is 7.14. The molecule has 2 amide bonds. The minimum atomic E-state index is -0.387. The van der Waals surface area contributed by atoms with Gasteiger partial charge in [0.15, 0.2) is 16.6 Å². The molecule has 10 nitrogen and oxygen atoms in total. The number of carbonyl (C=O) groups excluding carboxylic acids is 2. The summed E-state index contributed by atoms with van der Waals surface area (Å²) in [6, 6.07) is 5.99. The lowest BCUT2D eigenvalue weighted by Crippen LogP contribution is -2.14. The second-order valence-corrected chi connectivity index (χ2v) is 7.36. The molecular formula is C21H22N4O6S. The zero-order valence-corrected chi connectivity index (χ0v) is 18.5. The number of hydrogen-bond acceptors (Lipinski definition) is 8. The highest BCUT2D eigenvalue weighted by Gasteiger charge is 2.15. The third kappa shape index (κ3) is 5.64. The number of carbonyl (C=O) groups is 2. The maximum Gasteiger partial charge on any atom is 0.258 e. The first-order valence-corrected chi connectivity index (χ1v) is 10.4. The molecule has 32 heavy (non-hydrogen) atoms. The van der Waals surface area contributed by atoms with E-state index in [-0.39, 0.29) is 23.8 Å². The van der Waals surface area contributed by atoms with E-state index in [1.807, 2.05) is 0 Å². The lowest BCUT2D eigenvalue weighted by molar-refractivity contribution is -0.116. The fourth-order valence-corrected chi connectivity index (χ4v) is 3.56. The minimum Gasteiger partial charge on any atom is -0.493 e. The molecule has 0 aliphatic rings. The first-order valence-electron chi connectivity index (χ1n) is 9.48. The Hall–Kier alpha value is -3.86. The Labute approximate surface area is 187 Å². The molecule has 11 heteroatoms. The molecule has 0 aliphatic heterocycles. The Bertz CT molecular complexity index is 1130. The van der Waals surface area contributed by atoms with Gasteiger partial charge < -0.3 is 24.5 Å². The average Bonchev–Trinajstić information content (AvgIpc) is 3.24. The van der Waals surface area contributed by atoms with Gasteiger partial charge in [0.25, 0.3) is 5.91 Å². The number of hydrogen-bond donors (Lipinski definition) is 3. The van der Waals surface area contributed by atoms with Crippen LogP contribution in [-0.2, 0) is 11.2 Å². The highest BCUT2D eigenvalue weighted by atomic mass is 32.1. The summed E-state index contributed by atoms with van der Waals surface area (Å²) in [4.78, 5) is 42.4. The van der Waals surface area contributed by atoms with Crippen molar-refractivity contribution in [2.75, 3.05) is 32.0 Å². The van der Waals surface area contributed by atoms with Crippen LogP contribution in [0.25, 0.3) is 0 Å². The number of ether oxygens (including phenoxy) is 3. The number of aromatic nitrogens is 2. The van der Waals surface area contributed by atoms with Gasteiger partial charge in [-0.1, -0.05) is 0 Å². The Kier molecular flexibility index (Phi) is 7.45. The Morgan fingerprint density at radius 2 is 1.78 bits per heavy atom. The van der Waals surface area contributed by atoms with E-state index >= 15 is 0 Å². The molecule has 3 aromatic rings. The van der Waals surface area contributed by atoms with Crippen molar-refractivity contribution in [3.05, 3.63) is 57.5 Å². The second kappa shape index (κ2) is 10.4. The van der Waals surface area contributed by atoms with Crippen LogP contribution >= 0.6 is 11.3 Å². The fourth-order valence-electron chi connectivity index (χ4n) is 2.82. The first-order chi connectivity index (χ1) is 15.4. The van der Waals surface area contributed by atoms with Gasteiger partial charge >= 0.3 is 0 Å². The molecule has 168 valence electrons. The normalized spacial score (nSPS) is 10.3. The molecule has 3 rings (SSSR count). The van der Waals surface area contributed by atoms with Gasteiger partial charge in [0.2, 0.25) is 17.2 Å². The predicted molar refractivity (Wildman–Crippen MR) is 120 cm³/mol. The number of methoxy groups -OCH3 is 3. The molecule has 0 fully saturated rings. The molecule has 0 unspecified atom stereocenters. The summed E-state index contributed by atoms with van der Waals surface area (Å²) in [5, 5.41) is 7.65. The van der Waals surface area contributed by atoms with E-state index in [9.17, 15) is 14.4 Å². The van der Waals surface area contributed by atoms with Crippen LogP contribution in [-0.4, -0.2) is 43.1 Å². The zero-order chi connectivity index (χ0) is 23.1. The standard InChI is InChI=1S/C21H22N4O6S/c1-29-15-8-14(9-16(30-2)19(15)31-3)23-18(27)7-5-13-11-32-21(24-13)25-20(28)12-4-6-17(26)22-10-12/h4,6,8-11H,5,7H2,1-3H3,(H,22,26)(H,23,27)(H,24,25,28). The van der Waals surface area contributed by atoms with E-state index in [0.717, 1.165) is 0 Å². The van der Waals surface area contributed by atoms with Gasteiger partial charge in [-0.25, -0.2) is 4.98 Å². The number of nitrogens with one attached hydrogen (secondary N) is 3. The van der Waals surface area contributed by atoms with Crippen LogP contribution in [0.15, 0.2) is 40.6 Å². The van der Waals surface area contributed by atoms with Crippen molar-refractivity contribution in [1.82, 2.24) is 9.97 Å². The molecule has 0 radical (unpaired) electrons. The van der Waals surface area contributed by atoms with Gasteiger partial charge in [-0.3, -0.25) is 19.7 Å². The lowest BCUT2D eigenvalue weighted by atomic mass is 10.2. The van der Waals surface area contributed by atoms with Crippen LogP contribution in [0.5, 0.6) is 17.2 Å². The summed E-state index contributed by atoms with van der Waals surface area (Å²) in [6.45, 7) is 0. The summed E-state index contributed by atoms with van der Waals surface area (Å²) in [7, 11) is 4.50. The number of nitrogens with zero attached hydrogens (tertiary/aromatic N) is 1. The summed E-state index contributed by atoms with van der Waals surface area (Å²) < 4.78 is 15.8. The Balaban J connectivity index is 1.57. The monoisotopic (exact) mass is 458 g/mol. The van der Waals surface area contributed by atoms with E-state index < -0.39 is 0 Å². The van der Waals surface area contributed by atoms with Gasteiger partial charge in [0.05, 0.1) is 32.6 Å². The molecule has 0 bridgehead atoms. The number of thiazole rings is 1. The third-order valence-electron chi connectivity index (χ3n) is 4.38. The van der Waals surface area contributed by atoms with Crippen LogP contribution in [0.4, 0.5) is 10.8 Å². The average molecular weight is 458 g/mol. The smallest absolute Gasteiger partial charge is 0.258 e. The number of benzene rings is 1. The van der Waals surface area contributed by atoms with E-state index in [2.05, 4.69) is 20.6 Å². The van der Waals surface area contributed by atoms with Crippen LogP contribution in [0.1, 0.15) is 22.5 Å². The number of pyridine rings is 1. The summed E-state index contributed by atoms with van der Waals surface area (Å²) in [5.74, 6) is 0.703. The third-order valence-corrected chi connectivity index (χ3v) is 5.18. The summed E-state index contributed by atoms with van der Waals surface area (Å²) in [5.41, 5.74) is 1.21. The quantitative estimate of drug-likeness (QED) is 0.449. The molecule has 3 N–H and O–H groups in total. The molecule has 0 aliphatic carbocycles. The molecule has 0 atom stereocenters. The van der Waals surface area contributed by atoms with Gasteiger partial charge in [-0.05, 0) is 12.5 Å². The fraction of sp³-hybridized carbons (Fsp3) is 0.238. The molecule has 0 spiro atoms. The van der Waals surface area contributed by atoms with Crippen molar-refractivity contribution in [1.29, 1.82) is 0 Å². The van der Waals surface area contributed by atoms with Gasteiger partial charge in [-0.2, -0.15) is 0 Å². The van der Waals surface area contributed by atoms with Crippen LogP contribution in [0.2, 0.25) is 0 Å². The van der Waals surface area contributed by atoms with Crippen LogP contribution in [0.3, 0.4) is 0 Å². The Morgan fingerprint density at radius 1 is 1.06 bits per heavy atom. The predicted octanol–water partition coefficient (Wildman–Crippen LogP) is 2.68. The number of amides is 2. The molecule has 2 heterocycles. The largest absolute Gasteiger partial charge is 0.493 e. The maximum absolute atomic E-state index is 12.4. The van der Waals surface area contributed by atoms with E-state index in [1.165, 1.54) is 51.0 Å². The van der Waals surface area contributed by atoms with Gasteiger partial charge in [0.1, 0.15) is 0 Å². The van der Waals surface area contributed by atoms with E-state index in [1.54, 1.807) is 17.5 Å². The summed E-state index contributed by atoms with van der Waals surface area (Å²) in [6.07, 6.45) is 1.91. The van der Waals surface area contributed by atoms with Crippen LogP contribution < -0.4 is 30.4 Å². The maximum atomic E-state index is 12.4. The van der Waals surface area contributed by atoms with Gasteiger partial charge in [-0.15, -0.1) is 11.3 Å². The van der Waals surface area contributed by atoms with Crippen molar-refractivity contribution >= 4 is 34.0 Å². The van der Waals surface area contributed by atoms with Crippen molar-refractivity contribution in [3.8, 4) is 17.2 Å². The number of H-pyrrole nitrogens is 1. The van der Waals surface area contributed by atoms with Crippen molar-refractivity contribution in [2.24, 2.45) is 0 Å². The molecular weight excluding hydrogens is 436 g/mol. The van der Waals surface area contributed by atoms with Crippen molar-refractivity contribution in [3.63, 3.8) is 0 Å². The van der Waals surface area contributed by atoms with E-state index in [0.29, 0.717) is 45.7 Å². The number of aryl methyl sites for hydroxylation is 1. The number of rotatable bonds is 9. The minimum absolute atomic E-state index is 0.188. The second-order valence-electron chi connectivity index (χ2n) is 6.50. The molecule has 1 aromatic carbocycles. The van der Waals surface area contributed by atoms with Crippen molar-refractivity contribution < 1.29 is 23.8 Å². The van der Waals surface area contributed by atoms with Crippen LogP contribution in [0, 0.1) is 0 Å². The SMILES string of the molecule is COc1cc(NC(=O)CCc2csc(NC(=O)c3ccc(=O)[nH]c3)n2)cc(OC)c1OC. The number of aromatic amines is 1. The topological polar surface area (TPSA) is 132 Å². The first kappa shape index (κ1) is 22.8. The molecule has 0 saturated heterocycles. The molecule has 0 saturated carbocycles. The Morgan fingerprint density at radius 3 is 2.38 bits per heavy atom. The highest BCUT2D eigenvalue weighted by Crippen LogP contribution is 2.39. The molecule has 2 aromatic heterocycles. The van der Waals surface area contributed by atoms with E-state index in [4.69, 9.17) is 14.2 Å². The van der Waals surface area contributed by atoms with Crippen molar-refractivity contribution in [2.45, 2.75) is 12.8 Å². The van der Waals surface area contributed by atoms with Gasteiger partial charge in [0, 0.05) is 41.9 Å². The number of anilines is 2. The lowest BCUT2D eigenvalue weighted by Gasteiger charge is -2.14. The zero-order valence-electron chi connectivity index (χ0n) is 17.7. The summed E-state index contributed by atoms with van der Waals surface area (Å²) >= 11 is 1.25.